The van der Waals surface area contributed by atoms with Crippen LogP contribution in [0, 0.1) is 12.7 Å². The van der Waals surface area contributed by atoms with Crippen molar-refractivity contribution in [3.8, 4) is 11.5 Å². The molecule has 1 heterocycles. The van der Waals surface area contributed by atoms with E-state index in [0.717, 1.165) is 16.7 Å². The van der Waals surface area contributed by atoms with Gasteiger partial charge in [-0.05, 0) is 85.6 Å². The number of hydrogen-bond donors (Lipinski definition) is 0. The van der Waals surface area contributed by atoms with E-state index in [1.54, 1.807) is 24.1 Å². The highest BCUT2D eigenvalue weighted by atomic mass is 32.2. The number of aliphatic imine (C=N–C) groups is 1. The minimum absolute atomic E-state index is 0.128. The Kier molecular flexibility index (Phi) is 8.46. The molecule has 1 aliphatic heterocycles. The highest BCUT2D eigenvalue weighted by molar-refractivity contribution is 8.18. The van der Waals surface area contributed by atoms with Crippen LogP contribution in [0.3, 0.4) is 0 Å². The first-order valence-corrected chi connectivity index (χ1v) is 12.8. The number of hydrogen-bond acceptors (Lipinski definition) is 5. The molecule has 0 N–H and O–H groups in total. The van der Waals surface area contributed by atoms with Gasteiger partial charge >= 0.3 is 0 Å². The van der Waals surface area contributed by atoms with Crippen molar-refractivity contribution < 1.29 is 18.7 Å². The zero-order chi connectivity index (χ0) is 26.4. The Morgan fingerprint density at radius 2 is 1.84 bits per heavy atom. The van der Waals surface area contributed by atoms with Gasteiger partial charge in [0.15, 0.2) is 16.7 Å². The number of amides is 1. The average Bonchev–Trinajstić information content (AvgIpc) is 3.18. The van der Waals surface area contributed by atoms with Crippen molar-refractivity contribution in [2.45, 2.75) is 26.9 Å². The Morgan fingerprint density at radius 1 is 1.11 bits per heavy atom. The lowest BCUT2D eigenvalue weighted by atomic mass is 10.0. The van der Waals surface area contributed by atoms with Gasteiger partial charge in [0, 0.05) is 12.1 Å². The van der Waals surface area contributed by atoms with Crippen LogP contribution in [0.2, 0.25) is 0 Å². The predicted octanol–water partition coefficient (Wildman–Crippen LogP) is 7.07. The summed E-state index contributed by atoms with van der Waals surface area (Å²) in [4.78, 5) is 19.9. The van der Waals surface area contributed by atoms with Crippen molar-refractivity contribution in [2.24, 2.45) is 4.99 Å². The molecule has 3 aromatic carbocycles. The second kappa shape index (κ2) is 11.9. The van der Waals surface area contributed by atoms with E-state index in [4.69, 9.17) is 9.47 Å². The monoisotopic (exact) mass is 516 g/mol. The van der Waals surface area contributed by atoms with Crippen LogP contribution in [0.4, 0.5) is 10.1 Å². The number of carbonyl (C=O) groups is 1. The number of ether oxygens (including phenoxy) is 2. The molecule has 4 rings (SSSR count). The molecule has 1 saturated heterocycles. The van der Waals surface area contributed by atoms with Gasteiger partial charge in [-0.15, -0.1) is 6.58 Å². The molecule has 190 valence electrons. The van der Waals surface area contributed by atoms with E-state index in [0.29, 0.717) is 46.8 Å². The number of nitrogens with zero attached hydrogens (tertiary/aromatic N) is 2. The molecule has 0 radical (unpaired) electrons. The Bertz CT molecular complexity index is 1350. The normalized spacial score (nSPS) is 15.5. The van der Waals surface area contributed by atoms with E-state index < -0.39 is 0 Å². The van der Waals surface area contributed by atoms with E-state index in [2.05, 4.69) is 23.7 Å². The Balaban J connectivity index is 1.64. The van der Waals surface area contributed by atoms with Crippen LogP contribution >= 0.6 is 11.8 Å². The fourth-order valence-corrected chi connectivity index (χ4v) is 4.94. The number of thioether (sulfide) groups is 1. The maximum absolute atomic E-state index is 13.3. The van der Waals surface area contributed by atoms with Crippen molar-refractivity contribution in [3.63, 3.8) is 0 Å². The smallest absolute Gasteiger partial charge is 0.266 e. The van der Waals surface area contributed by atoms with E-state index in [1.807, 2.05) is 50.3 Å². The Hall–Kier alpha value is -3.84. The van der Waals surface area contributed by atoms with Gasteiger partial charge in [0.2, 0.25) is 0 Å². The van der Waals surface area contributed by atoms with Crippen LogP contribution in [-0.2, 0) is 17.8 Å². The molecule has 37 heavy (non-hydrogen) atoms. The molecule has 0 bridgehead atoms. The summed E-state index contributed by atoms with van der Waals surface area (Å²) in [5, 5.41) is 0.557. The van der Waals surface area contributed by atoms with Crippen LogP contribution in [0.25, 0.3) is 6.08 Å². The molecule has 0 atom stereocenters. The summed E-state index contributed by atoms with van der Waals surface area (Å²) in [6.45, 7) is 8.71. The number of allylic oxidation sites excluding steroid dienone is 1. The molecule has 5 nitrogen and oxygen atoms in total. The van der Waals surface area contributed by atoms with Crippen molar-refractivity contribution in [1.82, 2.24) is 4.90 Å². The van der Waals surface area contributed by atoms with Crippen molar-refractivity contribution in [1.29, 1.82) is 0 Å². The van der Waals surface area contributed by atoms with Gasteiger partial charge in [-0.3, -0.25) is 9.69 Å². The first-order chi connectivity index (χ1) is 17.9. The molecular weight excluding hydrogens is 487 g/mol. The largest absolute Gasteiger partial charge is 0.493 e. The van der Waals surface area contributed by atoms with Crippen molar-refractivity contribution in [3.05, 3.63) is 106 Å². The number of methoxy groups -OCH3 is 1. The number of rotatable bonds is 9. The third-order valence-electron chi connectivity index (χ3n) is 5.80. The van der Waals surface area contributed by atoms with Gasteiger partial charge in [-0.2, -0.15) is 0 Å². The predicted molar refractivity (Wildman–Crippen MR) is 149 cm³/mol. The summed E-state index contributed by atoms with van der Waals surface area (Å²) in [6, 6.07) is 17.9. The van der Waals surface area contributed by atoms with Crippen LogP contribution in [0.1, 0.15) is 29.2 Å². The van der Waals surface area contributed by atoms with Gasteiger partial charge in [-0.1, -0.05) is 35.9 Å². The molecule has 1 amide bonds. The second-order valence-electron chi connectivity index (χ2n) is 8.51. The number of likely N-dealkylation sites (N-methyl/N-ethyl adjacent to an activating group) is 1. The van der Waals surface area contributed by atoms with Gasteiger partial charge in [0.25, 0.3) is 5.91 Å². The molecule has 3 aromatic rings. The molecule has 0 spiro atoms. The number of carbonyl (C=O) groups excluding carboxylic acids is 1. The molecular formula is C30H29FN2O3S. The quantitative estimate of drug-likeness (QED) is 0.225. The van der Waals surface area contributed by atoms with Crippen LogP contribution in [-0.4, -0.2) is 29.6 Å². The molecule has 1 fully saturated rings. The summed E-state index contributed by atoms with van der Waals surface area (Å²) < 4.78 is 25.2. The van der Waals surface area contributed by atoms with Gasteiger partial charge in [-0.25, -0.2) is 9.38 Å². The molecule has 1 aliphatic rings. The van der Waals surface area contributed by atoms with Gasteiger partial charge in [0.1, 0.15) is 12.4 Å². The first-order valence-electron chi connectivity index (χ1n) is 12.0. The molecule has 0 saturated carbocycles. The van der Waals surface area contributed by atoms with Crippen LogP contribution in [0.15, 0.2) is 83.2 Å². The standard InChI is InChI=1S/C30H29FN2O3S/c1-5-7-23-16-22(17-26(35-4)28(23)36-19-21-10-8-20(3)9-11-21)18-27-29(34)33(6-2)30(37-27)32-25-14-12-24(31)13-15-25/h5,8-18H,1,6-7,19H2,2-4H3/b27-18+,32-30?. The fourth-order valence-electron chi connectivity index (χ4n) is 3.88. The SMILES string of the molecule is C=CCc1cc(/C=C2/SC(=Nc3ccc(F)cc3)N(CC)C2=O)cc(OC)c1OCc1ccc(C)cc1. The molecule has 0 aliphatic carbocycles. The highest BCUT2D eigenvalue weighted by Gasteiger charge is 2.32. The zero-order valence-electron chi connectivity index (χ0n) is 21.2. The van der Waals surface area contributed by atoms with E-state index in [-0.39, 0.29) is 11.7 Å². The molecule has 7 heteroatoms. The number of benzene rings is 3. The number of halogens is 1. The number of aryl methyl sites for hydroxylation is 1. The minimum atomic E-state index is -0.331. The summed E-state index contributed by atoms with van der Waals surface area (Å²) in [6.07, 6.45) is 4.23. The topological polar surface area (TPSA) is 51.1 Å². The van der Waals surface area contributed by atoms with Crippen molar-refractivity contribution in [2.75, 3.05) is 13.7 Å². The second-order valence-corrected chi connectivity index (χ2v) is 9.52. The van der Waals surface area contributed by atoms with Crippen LogP contribution in [0.5, 0.6) is 11.5 Å². The summed E-state index contributed by atoms with van der Waals surface area (Å²) in [7, 11) is 1.60. The third kappa shape index (κ3) is 6.30. The lowest BCUT2D eigenvalue weighted by Crippen LogP contribution is -2.28. The van der Waals surface area contributed by atoms with E-state index in [9.17, 15) is 9.18 Å². The van der Waals surface area contributed by atoms with Crippen LogP contribution < -0.4 is 9.47 Å². The summed E-state index contributed by atoms with van der Waals surface area (Å²) in [5.74, 6) is 0.783. The maximum Gasteiger partial charge on any atom is 0.266 e. The van der Waals surface area contributed by atoms with Crippen molar-refractivity contribution >= 4 is 34.6 Å². The van der Waals surface area contributed by atoms with E-state index >= 15 is 0 Å². The number of amidine groups is 1. The highest BCUT2D eigenvalue weighted by Crippen LogP contribution is 2.38. The average molecular weight is 517 g/mol. The zero-order valence-corrected chi connectivity index (χ0v) is 22.0. The third-order valence-corrected chi connectivity index (χ3v) is 6.80. The van der Waals surface area contributed by atoms with E-state index in [1.165, 1.54) is 29.5 Å². The lowest BCUT2D eigenvalue weighted by molar-refractivity contribution is -0.122. The Morgan fingerprint density at radius 3 is 2.49 bits per heavy atom. The van der Waals surface area contributed by atoms with Gasteiger partial charge < -0.3 is 9.47 Å². The fraction of sp³-hybridized carbons (Fsp3) is 0.200. The molecule has 0 aromatic heterocycles. The maximum atomic E-state index is 13.3. The molecule has 0 unspecified atom stereocenters. The lowest BCUT2D eigenvalue weighted by Gasteiger charge is -2.16. The minimum Gasteiger partial charge on any atom is -0.493 e. The summed E-state index contributed by atoms with van der Waals surface area (Å²) >= 11 is 1.29. The Labute approximate surface area is 221 Å². The van der Waals surface area contributed by atoms with Gasteiger partial charge in [0.05, 0.1) is 17.7 Å². The first kappa shape index (κ1) is 26.2. The summed E-state index contributed by atoms with van der Waals surface area (Å²) in [5.41, 5.74) is 4.56.